The second kappa shape index (κ2) is 5.19. The molecule has 0 saturated heterocycles. The van der Waals surface area contributed by atoms with Crippen LogP contribution in [0.25, 0.3) is 0 Å². The standard InChI is InChI=1S/C14H13N3O/c1-10-8-12(16)9-17-14(10)18-13-4-2-11(3-5-13)6-7-15/h2-5,8-9H,6,16H2,1H3. The number of hydrogen-bond acceptors (Lipinski definition) is 4. The molecule has 0 unspecified atom stereocenters. The van der Waals surface area contributed by atoms with Crippen LogP contribution in [0.2, 0.25) is 0 Å². The van der Waals surface area contributed by atoms with Crippen molar-refractivity contribution in [2.75, 3.05) is 5.73 Å². The van der Waals surface area contributed by atoms with E-state index in [9.17, 15) is 0 Å². The number of aryl methyl sites for hydroxylation is 1. The Bertz CT molecular complexity index is 585. The number of hydrogen-bond donors (Lipinski definition) is 1. The quantitative estimate of drug-likeness (QED) is 0.893. The minimum Gasteiger partial charge on any atom is -0.439 e. The van der Waals surface area contributed by atoms with Crippen LogP contribution in [0.3, 0.4) is 0 Å². The number of nitrogens with zero attached hydrogens (tertiary/aromatic N) is 2. The fourth-order valence-electron chi connectivity index (χ4n) is 1.57. The molecule has 0 spiro atoms. The Kier molecular flexibility index (Phi) is 3.44. The summed E-state index contributed by atoms with van der Waals surface area (Å²) >= 11 is 0. The molecule has 18 heavy (non-hydrogen) atoms. The number of pyridine rings is 1. The van der Waals surface area contributed by atoms with Crippen molar-refractivity contribution in [2.24, 2.45) is 0 Å². The maximum Gasteiger partial charge on any atom is 0.222 e. The van der Waals surface area contributed by atoms with Crippen molar-refractivity contribution in [1.82, 2.24) is 4.98 Å². The second-order valence-corrected chi connectivity index (χ2v) is 3.97. The zero-order valence-electron chi connectivity index (χ0n) is 10.1. The Morgan fingerprint density at radius 2 is 2.06 bits per heavy atom. The molecular formula is C14H13N3O. The average molecular weight is 239 g/mol. The first kappa shape index (κ1) is 11.9. The highest BCUT2D eigenvalue weighted by Crippen LogP contribution is 2.24. The number of aromatic nitrogens is 1. The van der Waals surface area contributed by atoms with Gasteiger partial charge in [-0.2, -0.15) is 5.26 Å². The van der Waals surface area contributed by atoms with Gasteiger partial charge in [0, 0.05) is 5.56 Å². The fourth-order valence-corrected chi connectivity index (χ4v) is 1.57. The number of anilines is 1. The van der Waals surface area contributed by atoms with Gasteiger partial charge in [0.15, 0.2) is 0 Å². The first-order valence-corrected chi connectivity index (χ1v) is 5.55. The average Bonchev–Trinajstić information content (AvgIpc) is 2.35. The molecule has 4 heteroatoms. The fraction of sp³-hybridized carbons (Fsp3) is 0.143. The van der Waals surface area contributed by atoms with Gasteiger partial charge in [-0.05, 0) is 30.7 Å². The monoisotopic (exact) mass is 239 g/mol. The van der Waals surface area contributed by atoms with Gasteiger partial charge in [-0.15, -0.1) is 0 Å². The van der Waals surface area contributed by atoms with Crippen LogP contribution in [0.15, 0.2) is 36.5 Å². The zero-order valence-corrected chi connectivity index (χ0v) is 10.1. The summed E-state index contributed by atoms with van der Waals surface area (Å²) in [4.78, 5) is 4.13. The largest absolute Gasteiger partial charge is 0.439 e. The SMILES string of the molecule is Cc1cc(N)cnc1Oc1ccc(CC#N)cc1. The van der Waals surface area contributed by atoms with E-state index in [0.717, 1.165) is 11.1 Å². The van der Waals surface area contributed by atoms with E-state index in [-0.39, 0.29) is 0 Å². The van der Waals surface area contributed by atoms with Gasteiger partial charge >= 0.3 is 0 Å². The first-order valence-electron chi connectivity index (χ1n) is 5.55. The van der Waals surface area contributed by atoms with Crippen LogP contribution >= 0.6 is 0 Å². The lowest BCUT2D eigenvalue weighted by Gasteiger charge is -2.08. The van der Waals surface area contributed by atoms with E-state index in [4.69, 9.17) is 15.7 Å². The van der Waals surface area contributed by atoms with Crippen molar-refractivity contribution in [3.8, 4) is 17.7 Å². The van der Waals surface area contributed by atoms with E-state index in [2.05, 4.69) is 11.1 Å². The first-order chi connectivity index (χ1) is 8.69. The smallest absolute Gasteiger partial charge is 0.222 e. The van der Waals surface area contributed by atoms with Gasteiger partial charge in [-0.25, -0.2) is 4.98 Å². The van der Waals surface area contributed by atoms with E-state index in [0.29, 0.717) is 23.7 Å². The molecule has 0 fully saturated rings. The Hall–Kier alpha value is -2.54. The Morgan fingerprint density at radius 1 is 1.33 bits per heavy atom. The molecule has 0 bridgehead atoms. The van der Waals surface area contributed by atoms with Crippen LogP contribution in [0.1, 0.15) is 11.1 Å². The molecule has 90 valence electrons. The Labute approximate surface area is 106 Å². The van der Waals surface area contributed by atoms with Crippen LogP contribution in [0, 0.1) is 18.3 Å². The molecule has 4 nitrogen and oxygen atoms in total. The molecule has 0 aliphatic rings. The van der Waals surface area contributed by atoms with Gasteiger partial charge in [0.05, 0.1) is 24.4 Å². The minimum absolute atomic E-state index is 0.402. The number of ether oxygens (including phenoxy) is 1. The van der Waals surface area contributed by atoms with E-state index < -0.39 is 0 Å². The predicted molar refractivity (Wildman–Crippen MR) is 69.2 cm³/mol. The molecule has 1 aromatic heterocycles. The third-order valence-corrected chi connectivity index (χ3v) is 2.47. The van der Waals surface area contributed by atoms with Crippen molar-refractivity contribution in [3.63, 3.8) is 0 Å². The van der Waals surface area contributed by atoms with Crippen LogP contribution in [0.5, 0.6) is 11.6 Å². The zero-order chi connectivity index (χ0) is 13.0. The number of benzene rings is 1. The predicted octanol–water partition coefficient (Wildman–Crippen LogP) is 2.83. The maximum absolute atomic E-state index is 8.58. The second-order valence-electron chi connectivity index (χ2n) is 3.97. The van der Waals surface area contributed by atoms with Gasteiger partial charge < -0.3 is 10.5 Å². The van der Waals surface area contributed by atoms with Gasteiger partial charge in [0.2, 0.25) is 5.88 Å². The highest BCUT2D eigenvalue weighted by atomic mass is 16.5. The summed E-state index contributed by atoms with van der Waals surface area (Å²) in [5, 5.41) is 8.58. The molecule has 0 aliphatic heterocycles. The molecule has 1 aromatic carbocycles. The van der Waals surface area contributed by atoms with Gasteiger partial charge in [-0.3, -0.25) is 0 Å². The van der Waals surface area contributed by atoms with Crippen LogP contribution < -0.4 is 10.5 Å². The number of rotatable bonds is 3. The van der Waals surface area contributed by atoms with Crippen molar-refractivity contribution in [1.29, 1.82) is 5.26 Å². The highest BCUT2D eigenvalue weighted by Gasteiger charge is 2.03. The van der Waals surface area contributed by atoms with Crippen molar-refractivity contribution < 1.29 is 4.74 Å². The number of nitrogens with two attached hydrogens (primary N) is 1. The van der Waals surface area contributed by atoms with E-state index in [1.807, 2.05) is 37.3 Å². The molecular weight excluding hydrogens is 226 g/mol. The molecule has 0 amide bonds. The Morgan fingerprint density at radius 3 is 2.67 bits per heavy atom. The molecule has 1 heterocycles. The van der Waals surface area contributed by atoms with Gasteiger partial charge in [0.25, 0.3) is 0 Å². The molecule has 0 radical (unpaired) electrons. The summed E-state index contributed by atoms with van der Waals surface area (Å²) in [5.74, 6) is 1.23. The van der Waals surface area contributed by atoms with Crippen LogP contribution in [-0.4, -0.2) is 4.98 Å². The van der Waals surface area contributed by atoms with E-state index in [1.54, 1.807) is 6.20 Å². The summed E-state index contributed by atoms with van der Waals surface area (Å²) in [6.45, 7) is 1.89. The molecule has 2 rings (SSSR count). The summed E-state index contributed by atoms with van der Waals surface area (Å²) in [7, 11) is 0. The van der Waals surface area contributed by atoms with Gasteiger partial charge in [-0.1, -0.05) is 12.1 Å². The van der Waals surface area contributed by atoms with Crippen molar-refractivity contribution in [2.45, 2.75) is 13.3 Å². The summed E-state index contributed by atoms with van der Waals surface area (Å²) in [5.41, 5.74) is 8.09. The lowest BCUT2D eigenvalue weighted by molar-refractivity contribution is 0.459. The molecule has 2 aromatic rings. The van der Waals surface area contributed by atoms with E-state index >= 15 is 0 Å². The van der Waals surface area contributed by atoms with Crippen molar-refractivity contribution in [3.05, 3.63) is 47.7 Å². The van der Waals surface area contributed by atoms with Crippen LogP contribution in [0.4, 0.5) is 5.69 Å². The summed E-state index contributed by atoms with van der Waals surface area (Å²) in [6.07, 6.45) is 1.96. The number of nitrogen functional groups attached to an aromatic ring is 1. The Balaban J connectivity index is 2.16. The molecule has 2 N–H and O–H groups in total. The molecule has 0 aliphatic carbocycles. The molecule has 0 atom stereocenters. The maximum atomic E-state index is 8.58. The van der Waals surface area contributed by atoms with Gasteiger partial charge in [0.1, 0.15) is 5.75 Å². The molecule has 0 saturated carbocycles. The highest BCUT2D eigenvalue weighted by molar-refractivity contribution is 5.43. The normalized spacial score (nSPS) is 9.78. The van der Waals surface area contributed by atoms with E-state index in [1.165, 1.54) is 0 Å². The topological polar surface area (TPSA) is 71.9 Å². The lowest BCUT2D eigenvalue weighted by atomic mass is 10.2. The summed E-state index contributed by atoms with van der Waals surface area (Å²) < 4.78 is 5.65. The third-order valence-electron chi connectivity index (χ3n) is 2.47. The van der Waals surface area contributed by atoms with Crippen LogP contribution in [-0.2, 0) is 6.42 Å². The minimum atomic E-state index is 0.402. The summed E-state index contributed by atoms with van der Waals surface area (Å²) in [6, 6.07) is 11.3. The lowest BCUT2D eigenvalue weighted by Crippen LogP contribution is -1.94. The van der Waals surface area contributed by atoms with Crippen molar-refractivity contribution >= 4 is 5.69 Å². The number of nitriles is 1. The third kappa shape index (κ3) is 2.77.